The van der Waals surface area contributed by atoms with Crippen LogP contribution in [0, 0.1) is 0 Å². The van der Waals surface area contributed by atoms with E-state index in [1.165, 1.54) is 17.8 Å². The molecule has 1 amide bonds. The molecule has 2 fully saturated rings. The van der Waals surface area contributed by atoms with Gasteiger partial charge in [0, 0.05) is 26.6 Å². The van der Waals surface area contributed by atoms with Crippen LogP contribution in [-0.2, 0) is 20.4 Å². The summed E-state index contributed by atoms with van der Waals surface area (Å²) in [6.45, 7) is 0.590. The molecular weight excluding hydrogens is 434 g/mol. The summed E-state index contributed by atoms with van der Waals surface area (Å²) in [5.41, 5.74) is 0. The lowest BCUT2D eigenvalue weighted by Gasteiger charge is -2.31. The number of rotatable bonds is 4. The second kappa shape index (κ2) is 7.24. The zero-order valence-corrected chi connectivity index (χ0v) is 17.7. The minimum Gasteiger partial charge on any atom is -0.339 e. The number of carbonyl (C=O) groups is 1. The van der Waals surface area contributed by atoms with E-state index in [4.69, 9.17) is 0 Å². The van der Waals surface area contributed by atoms with Crippen molar-refractivity contribution in [3.8, 4) is 0 Å². The molecule has 26 heavy (non-hydrogen) atoms. The Morgan fingerprint density at radius 2 is 1.88 bits per heavy atom. The third-order valence-corrected chi connectivity index (χ3v) is 9.32. The summed E-state index contributed by atoms with van der Waals surface area (Å²) in [7, 11) is -3.48. The van der Waals surface area contributed by atoms with Crippen molar-refractivity contribution < 1.29 is 13.2 Å². The second-order valence-corrected chi connectivity index (χ2v) is 11.6. The van der Waals surface area contributed by atoms with Crippen molar-refractivity contribution in [3.05, 3.63) is 33.6 Å². The van der Waals surface area contributed by atoms with E-state index in [-0.39, 0.29) is 17.7 Å². The molecule has 2 heterocycles. The molecule has 1 aromatic carbocycles. The van der Waals surface area contributed by atoms with E-state index >= 15 is 0 Å². The average molecular weight is 456 g/mol. The summed E-state index contributed by atoms with van der Waals surface area (Å²) < 4.78 is 27.9. The molecule has 0 N–H and O–H groups in total. The number of sulfone groups is 1. The van der Waals surface area contributed by atoms with Gasteiger partial charge in [-0.2, -0.15) is 0 Å². The number of halogens is 1. The molecule has 140 valence electrons. The van der Waals surface area contributed by atoms with Gasteiger partial charge in [0.2, 0.25) is 5.91 Å². The Labute approximate surface area is 166 Å². The number of fused-ring (bicyclic) bond motifs is 1. The fraction of sp³-hybridized carbons (Fsp3) is 0.526. The lowest BCUT2D eigenvalue weighted by Crippen LogP contribution is -2.41. The topological polar surface area (TPSA) is 54.5 Å². The lowest BCUT2D eigenvalue weighted by atomic mass is 9.94. The molecule has 0 radical (unpaired) electrons. The molecule has 4 nitrogen and oxygen atoms in total. The van der Waals surface area contributed by atoms with Gasteiger partial charge in [-0.1, -0.05) is 35.2 Å². The van der Waals surface area contributed by atoms with Crippen molar-refractivity contribution in [1.29, 1.82) is 0 Å². The molecular formula is C19H22BrNO3S2. The molecule has 1 aliphatic carbocycles. The van der Waals surface area contributed by atoms with E-state index in [1.807, 2.05) is 29.2 Å². The number of benzene rings is 1. The molecule has 2 aliphatic rings. The summed E-state index contributed by atoms with van der Waals surface area (Å²) in [5.74, 6) is -0.209. The average Bonchev–Trinajstić information content (AvgIpc) is 3.18. The van der Waals surface area contributed by atoms with Crippen LogP contribution in [0.15, 0.2) is 28.7 Å². The van der Waals surface area contributed by atoms with E-state index in [0.717, 1.165) is 45.1 Å². The quantitative estimate of drug-likeness (QED) is 0.680. The molecule has 1 saturated carbocycles. The summed E-state index contributed by atoms with van der Waals surface area (Å²) in [6, 6.07) is 8.12. The molecule has 1 unspecified atom stereocenters. The Morgan fingerprint density at radius 3 is 2.65 bits per heavy atom. The van der Waals surface area contributed by atoms with Gasteiger partial charge in [0.15, 0.2) is 9.84 Å². The van der Waals surface area contributed by atoms with E-state index in [9.17, 15) is 13.2 Å². The van der Waals surface area contributed by atoms with Crippen LogP contribution in [0.4, 0.5) is 0 Å². The van der Waals surface area contributed by atoms with E-state index in [2.05, 4.69) is 15.9 Å². The minimum atomic E-state index is -3.48. The first kappa shape index (κ1) is 18.4. The smallest absolute Gasteiger partial charge is 0.241 e. The zero-order chi connectivity index (χ0) is 18.3. The Balaban J connectivity index is 1.51. The Kier molecular flexibility index (Phi) is 5.14. The van der Waals surface area contributed by atoms with Crippen molar-refractivity contribution in [1.82, 2.24) is 4.90 Å². The van der Waals surface area contributed by atoms with Gasteiger partial charge in [-0.05, 0) is 48.9 Å². The number of hydrogen-bond donors (Lipinski definition) is 0. The van der Waals surface area contributed by atoms with Crippen molar-refractivity contribution in [2.45, 2.75) is 55.6 Å². The van der Waals surface area contributed by atoms with Crippen LogP contribution in [0.1, 0.15) is 43.4 Å². The number of amides is 1. The first-order valence-corrected chi connectivity index (χ1v) is 12.5. The van der Waals surface area contributed by atoms with Gasteiger partial charge < -0.3 is 4.90 Å². The van der Waals surface area contributed by atoms with Crippen LogP contribution < -0.4 is 0 Å². The molecule has 0 bridgehead atoms. The van der Waals surface area contributed by atoms with E-state index < -0.39 is 15.1 Å². The van der Waals surface area contributed by atoms with Gasteiger partial charge in [0.25, 0.3) is 0 Å². The maximum absolute atomic E-state index is 12.9. The lowest BCUT2D eigenvalue weighted by molar-refractivity contribution is -0.129. The molecule has 1 aromatic heterocycles. The van der Waals surface area contributed by atoms with Crippen LogP contribution in [0.5, 0.6) is 0 Å². The predicted octanol–water partition coefficient (Wildman–Crippen LogP) is 4.51. The van der Waals surface area contributed by atoms with Crippen LogP contribution in [0.2, 0.25) is 0 Å². The van der Waals surface area contributed by atoms with Crippen LogP contribution in [0.25, 0.3) is 10.1 Å². The maximum atomic E-state index is 12.9. The Hall–Kier alpha value is -0.920. The van der Waals surface area contributed by atoms with Gasteiger partial charge >= 0.3 is 0 Å². The van der Waals surface area contributed by atoms with Crippen LogP contribution >= 0.6 is 27.3 Å². The first-order chi connectivity index (χ1) is 12.4. The number of nitrogens with zero attached hydrogens (tertiary/aromatic N) is 1. The van der Waals surface area contributed by atoms with Crippen molar-refractivity contribution in [2.75, 3.05) is 6.54 Å². The second-order valence-electron chi connectivity index (χ2n) is 7.30. The van der Waals surface area contributed by atoms with Gasteiger partial charge in [0.1, 0.15) is 5.25 Å². The highest BCUT2D eigenvalue weighted by Gasteiger charge is 2.43. The van der Waals surface area contributed by atoms with Crippen LogP contribution in [-0.4, -0.2) is 37.1 Å². The van der Waals surface area contributed by atoms with Crippen LogP contribution in [0.3, 0.4) is 0 Å². The van der Waals surface area contributed by atoms with Gasteiger partial charge in [-0.15, -0.1) is 11.3 Å². The summed E-state index contributed by atoms with van der Waals surface area (Å²) in [6.07, 6.45) is 5.98. The minimum absolute atomic E-state index is 0.0428. The molecule has 1 aliphatic heterocycles. The monoisotopic (exact) mass is 455 g/mol. The third kappa shape index (κ3) is 3.58. The highest BCUT2D eigenvalue weighted by molar-refractivity contribution is 9.10. The molecule has 4 rings (SSSR count). The normalized spacial score (nSPS) is 22.4. The third-order valence-electron chi connectivity index (χ3n) is 5.51. The Morgan fingerprint density at radius 1 is 1.12 bits per heavy atom. The fourth-order valence-corrected chi connectivity index (χ4v) is 7.74. The predicted molar refractivity (Wildman–Crippen MR) is 109 cm³/mol. The van der Waals surface area contributed by atoms with Gasteiger partial charge in [-0.25, -0.2) is 8.42 Å². The highest BCUT2D eigenvalue weighted by Crippen LogP contribution is 2.33. The van der Waals surface area contributed by atoms with E-state index in [0.29, 0.717) is 13.0 Å². The molecule has 2 aromatic rings. The zero-order valence-electron chi connectivity index (χ0n) is 14.5. The molecule has 1 atom stereocenters. The summed E-state index contributed by atoms with van der Waals surface area (Å²) >= 11 is 4.94. The van der Waals surface area contributed by atoms with Crippen molar-refractivity contribution >= 4 is 53.1 Å². The van der Waals surface area contributed by atoms with Crippen molar-refractivity contribution in [2.24, 2.45) is 0 Å². The summed E-state index contributed by atoms with van der Waals surface area (Å²) in [4.78, 5) is 15.5. The molecule has 1 saturated heterocycles. The maximum Gasteiger partial charge on any atom is 0.241 e. The molecule has 7 heteroatoms. The Bertz CT molecular complexity index is 931. The van der Waals surface area contributed by atoms with Gasteiger partial charge in [0.05, 0.1) is 5.75 Å². The number of likely N-dealkylation sites (tertiary alicyclic amines) is 1. The fourth-order valence-electron chi connectivity index (χ4n) is 4.20. The summed E-state index contributed by atoms with van der Waals surface area (Å²) in [5, 5.41) is 0.178. The highest BCUT2D eigenvalue weighted by atomic mass is 79.9. The van der Waals surface area contributed by atoms with Gasteiger partial charge in [-0.3, -0.25) is 4.79 Å². The number of carbonyl (C=O) groups excluding carboxylic acids is 1. The number of thiophene rings is 1. The number of hydrogen-bond acceptors (Lipinski definition) is 4. The first-order valence-electron chi connectivity index (χ1n) is 9.14. The van der Waals surface area contributed by atoms with Crippen molar-refractivity contribution in [3.63, 3.8) is 0 Å². The van der Waals surface area contributed by atoms with E-state index in [1.54, 1.807) is 0 Å². The largest absolute Gasteiger partial charge is 0.339 e. The standard InChI is InChI=1S/C19H22BrNO3S2/c20-14-6-7-17-13(10-14)11-16(25-17)12-26(23,24)18-8-9-21(19(18)22)15-4-2-1-3-5-15/h6-7,10-11,15,18H,1-5,8-9,12H2. The molecule has 0 spiro atoms. The SMILES string of the molecule is O=C1C(S(=O)(=O)Cc2cc3cc(Br)ccc3s2)CCN1C1CCCCC1.